The maximum absolute atomic E-state index is 15.0. The zero-order valence-electron chi connectivity index (χ0n) is 16.0. The molecule has 0 spiro atoms. The summed E-state index contributed by atoms with van der Waals surface area (Å²) in [5, 5.41) is 4.00. The average Bonchev–Trinajstić information content (AvgIpc) is 2.92. The quantitative estimate of drug-likeness (QED) is 0.409. The first-order chi connectivity index (χ1) is 14.3. The number of nitrogens with zero attached hydrogens (tertiary/aromatic N) is 3. The van der Waals surface area contributed by atoms with Crippen LogP contribution in [0.3, 0.4) is 0 Å². The Labute approximate surface area is 183 Å². The summed E-state index contributed by atoms with van der Waals surface area (Å²) in [6.07, 6.45) is 1.83. The van der Waals surface area contributed by atoms with Gasteiger partial charge in [0.2, 0.25) is 0 Å². The molecule has 1 fully saturated rings. The minimum absolute atomic E-state index is 0.0204. The van der Waals surface area contributed by atoms with Gasteiger partial charge in [-0.1, -0.05) is 17.7 Å². The van der Waals surface area contributed by atoms with E-state index < -0.39 is 11.6 Å². The Morgan fingerprint density at radius 1 is 1.20 bits per heavy atom. The molecule has 30 heavy (non-hydrogen) atoms. The van der Waals surface area contributed by atoms with Gasteiger partial charge in [-0.15, -0.1) is 0 Å². The van der Waals surface area contributed by atoms with Gasteiger partial charge in [0.25, 0.3) is 0 Å². The summed E-state index contributed by atoms with van der Waals surface area (Å²) in [7, 11) is 0. The number of halogens is 4. The lowest BCUT2D eigenvalue weighted by Crippen LogP contribution is -2.31. The van der Waals surface area contributed by atoms with Gasteiger partial charge in [-0.2, -0.15) is 5.10 Å². The lowest BCUT2D eigenvalue weighted by molar-refractivity contribution is 0.281. The number of benzene rings is 2. The van der Waals surface area contributed by atoms with E-state index in [4.69, 9.17) is 17.3 Å². The summed E-state index contributed by atoms with van der Waals surface area (Å²) >= 11 is 10.8. The van der Waals surface area contributed by atoms with E-state index in [1.807, 2.05) is 0 Å². The summed E-state index contributed by atoms with van der Waals surface area (Å²) < 4.78 is 43.2. The maximum Gasteiger partial charge on any atom is 0.184 e. The smallest absolute Gasteiger partial charge is 0.184 e. The van der Waals surface area contributed by atoms with Crippen molar-refractivity contribution in [1.29, 1.82) is 0 Å². The molecule has 160 valence electrons. The number of hydrazone groups is 1. The second-order valence-corrected chi connectivity index (χ2v) is 7.73. The van der Waals surface area contributed by atoms with Crippen molar-refractivity contribution >= 4 is 40.8 Å². The summed E-state index contributed by atoms with van der Waals surface area (Å²) in [5.41, 5.74) is 8.15. The minimum atomic E-state index is -0.588. The van der Waals surface area contributed by atoms with Crippen LogP contribution in [0, 0.1) is 17.5 Å². The Morgan fingerprint density at radius 2 is 2.00 bits per heavy atom. The molecule has 1 aliphatic heterocycles. The predicted octanol–water partition coefficient (Wildman–Crippen LogP) is 3.64. The van der Waals surface area contributed by atoms with E-state index in [9.17, 15) is 13.2 Å². The second kappa shape index (κ2) is 10.1. The molecule has 1 aliphatic rings. The first-order valence-electron chi connectivity index (χ1n) is 9.33. The van der Waals surface area contributed by atoms with Gasteiger partial charge >= 0.3 is 0 Å². The molecular formula is C20H21ClF3N5S. The van der Waals surface area contributed by atoms with Crippen molar-refractivity contribution in [1.82, 2.24) is 10.3 Å². The molecule has 2 aromatic rings. The molecule has 1 saturated heterocycles. The zero-order chi connectivity index (χ0) is 21.7. The van der Waals surface area contributed by atoms with E-state index in [2.05, 4.69) is 27.6 Å². The number of rotatable bonds is 5. The fraction of sp³-hybridized carbons (Fsp3) is 0.300. The molecule has 1 heterocycles. The second-order valence-electron chi connectivity index (χ2n) is 6.88. The molecule has 0 unspecified atom stereocenters. The summed E-state index contributed by atoms with van der Waals surface area (Å²) in [5.74, 6) is -1.52. The van der Waals surface area contributed by atoms with E-state index in [0.717, 1.165) is 18.3 Å². The van der Waals surface area contributed by atoms with Gasteiger partial charge in [0.05, 0.1) is 11.9 Å². The topological polar surface area (TPSA) is 56.9 Å². The van der Waals surface area contributed by atoms with Crippen LogP contribution in [-0.2, 0) is 6.54 Å². The first kappa shape index (κ1) is 22.3. The van der Waals surface area contributed by atoms with Crippen LogP contribution in [0.25, 0.3) is 0 Å². The number of thiocarbonyl (C=S) groups is 1. The van der Waals surface area contributed by atoms with Crippen LogP contribution < -0.4 is 16.1 Å². The molecule has 0 bridgehead atoms. The fourth-order valence-electron chi connectivity index (χ4n) is 3.36. The Kier molecular flexibility index (Phi) is 7.52. The van der Waals surface area contributed by atoms with Crippen LogP contribution in [0.4, 0.5) is 18.9 Å². The van der Waals surface area contributed by atoms with Gasteiger partial charge in [-0.25, -0.2) is 13.2 Å². The molecule has 5 nitrogen and oxygen atoms in total. The van der Waals surface area contributed by atoms with Crippen molar-refractivity contribution in [3.63, 3.8) is 0 Å². The molecule has 3 rings (SSSR count). The summed E-state index contributed by atoms with van der Waals surface area (Å²) in [6, 6.07) is 6.81. The molecule has 2 aromatic carbocycles. The molecule has 0 aromatic heterocycles. The van der Waals surface area contributed by atoms with E-state index in [1.54, 1.807) is 17.0 Å². The van der Waals surface area contributed by atoms with Crippen molar-refractivity contribution in [3.05, 3.63) is 63.9 Å². The number of hydrogen-bond donors (Lipinski definition) is 2. The molecule has 0 aliphatic carbocycles. The number of hydrogen-bond acceptors (Lipinski definition) is 4. The van der Waals surface area contributed by atoms with Crippen LogP contribution in [0.1, 0.15) is 17.5 Å². The average molecular weight is 456 g/mol. The number of nitrogens with one attached hydrogen (secondary N) is 1. The lowest BCUT2D eigenvalue weighted by atomic mass is 10.1. The normalized spacial score (nSPS) is 15.4. The molecule has 3 N–H and O–H groups in total. The molecule has 10 heteroatoms. The van der Waals surface area contributed by atoms with Crippen molar-refractivity contribution in [2.45, 2.75) is 13.0 Å². The monoisotopic (exact) mass is 455 g/mol. The van der Waals surface area contributed by atoms with Gasteiger partial charge in [0.15, 0.2) is 10.9 Å². The van der Waals surface area contributed by atoms with Crippen LogP contribution in [-0.4, -0.2) is 42.4 Å². The van der Waals surface area contributed by atoms with Crippen LogP contribution in [0.2, 0.25) is 5.02 Å². The highest BCUT2D eigenvalue weighted by Gasteiger charge is 2.21. The molecule has 0 radical (unpaired) electrons. The molecule has 0 amide bonds. The third kappa shape index (κ3) is 5.62. The Bertz CT molecular complexity index is 936. The Hall–Kier alpha value is -2.36. The first-order valence-corrected chi connectivity index (χ1v) is 10.1. The highest BCUT2D eigenvalue weighted by atomic mass is 35.5. The van der Waals surface area contributed by atoms with E-state index in [0.29, 0.717) is 49.7 Å². The van der Waals surface area contributed by atoms with Gasteiger partial charge in [-0.05, 0) is 36.8 Å². The standard InChI is InChI=1S/C20H21ClF3N5S/c21-16-3-1-4-17(23)15(16)12-28-5-2-6-29(8-7-28)18-10-14(22)9-13(19(18)24)11-26-27-20(25)30/h1,3-4,9-11H,2,5-8,12H2,(H3,25,27,30). The third-order valence-electron chi connectivity index (χ3n) is 4.80. The van der Waals surface area contributed by atoms with Gasteiger partial charge in [0.1, 0.15) is 11.6 Å². The Balaban J connectivity index is 1.74. The number of nitrogens with two attached hydrogens (primary N) is 1. The van der Waals surface area contributed by atoms with Gasteiger partial charge in [0, 0.05) is 54.9 Å². The number of anilines is 1. The summed E-state index contributed by atoms with van der Waals surface area (Å²) in [4.78, 5) is 3.83. The Morgan fingerprint density at radius 3 is 2.73 bits per heavy atom. The molecular weight excluding hydrogens is 435 g/mol. The van der Waals surface area contributed by atoms with Crippen LogP contribution in [0.5, 0.6) is 0 Å². The molecule has 0 saturated carbocycles. The molecule has 0 atom stereocenters. The third-order valence-corrected chi connectivity index (χ3v) is 5.24. The minimum Gasteiger partial charge on any atom is -0.375 e. The highest BCUT2D eigenvalue weighted by Crippen LogP contribution is 2.26. The van der Waals surface area contributed by atoms with Gasteiger partial charge < -0.3 is 10.6 Å². The SMILES string of the molecule is NC(=S)NN=Cc1cc(F)cc(N2CCCN(Cc3c(F)cccc3Cl)CC2)c1F. The summed E-state index contributed by atoms with van der Waals surface area (Å²) in [6.45, 7) is 2.57. The van der Waals surface area contributed by atoms with E-state index >= 15 is 0 Å². The van der Waals surface area contributed by atoms with Crippen molar-refractivity contribution in [2.24, 2.45) is 10.8 Å². The largest absolute Gasteiger partial charge is 0.375 e. The fourth-order valence-corrected chi connectivity index (χ4v) is 3.64. The lowest BCUT2D eigenvalue weighted by Gasteiger charge is -2.25. The van der Waals surface area contributed by atoms with Crippen molar-refractivity contribution in [3.8, 4) is 0 Å². The van der Waals surface area contributed by atoms with Crippen LogP contribution >= 0.6 is 23.8 Å². The highest BCUT2D eigenvalue weighted by molar-refractivity contribution is 7.80. The van der Waals surface area contributed by atoms with Crippen LogP contribution in [0.15, 0.2) is 35.4 Å². The predicted molar refractivity (Wildman–Crippen MR) is 117 cm³/mol. The van der Waals surface area contributed by atoms with E-state index in [1.165, 1.54) is 6.07 Å². The van der Waals surface area contributed by atoms with Crippen molar-refractivity contribution < 1.29 is 13.2 Å². The van der Waals surface area contributed by atoms with Gasteiger partial charge in [-0.3, -0.25) is 10.3 Å². The zero-order valence-corrected chi connectivity index (χ0v) is 17.6. The van der Waals surface area contributed by atoms with Crippen molar-refractivity contribution in [2.75, 3.05) is 31.1 Å². The maximum atomic E-state index is 15.0. The van der Waals surface area contributed by atoms with E-state index in [-0.39, 0.29) is 22.2 Å².